The zero-order chi connectivity index (χ0) is 12.6. The molecule has 0 radical (unpaired) electrons. The average Bonchev–Trinajstić information content (AvgIpc) is 2.79. The molecule has 1 amide bonds. The normalized spacial score (nSPS) is 39.1. The maximum Gasteiger partial charge on any atom is 0.252 e. The maximum absolute atomic E-state index is 12.1. The summed E-state index contributed by atoms with van der Waals surface area (Å²) in [5.74, 6) is 0.313. The van der Waals surface area contributed by atoms with Gasteiger partial charge < -0.3 is 20.5 Å². The number of hydrogen-bond acceptors (Lipinski definition) is 4. The van der Waals surface area contributed by atoms with E-state index in [-0.39, 0.29) is 24.1 Å². The molecule has 5 nitrogen and oxygen atoms in total. The van der Waals surface area contributed by atoms with Gasteiger partial charge in [-0.05, 0) is 19.8 Å². The van der Waals surface area contributed by atoms with E-state index in [1.165, 1.54) is 0 Å². The molecular formula is C12H22N2O3. The Labute approximate surface area is 102 Å². The number of ether oxygens (including phenoxy) is 2. The number of amides is 1. The van der Waals surface area contributed by atoms with Crippen LogP contribution in [0.4, 0.5) is 0 Å². The van der Waals surface area contributed by atoms with Gasteiger partial charge in [0.15, 0.2) is 0 Å². The summed E-state index contributed by atoms with van der Waals surface area (Å²) in [5, 5.41) is 2.97. The molecule has 1 saturated heterocycles. The summed E-state index contributed by atoms with van der Waals surface area (Å²) < 4.78 is 10.9. The summed E-state index contributed by atoms with van der Waals surface area (Å²) in [7, 11) is 1.55. The summed E-state index contributed by atoms with van der Waals surface area (Å²) in [6.07, 6.45) is 1.74. The van der Waals surface area contributed by atoms with Gasteiger partial charge in [-0.2, -0.15) is 0 Å². The van der Waals surface area contributed by atoms with E-state index in [4.69, 9.17) is 15.2 Å². The number of nitrogens with two attached hydrogens (primary N) is 1. The summed E-state index contributed by atoms with van der Waals surface area (Å²) in [5.41, 5.74) is 5.27. The van der Waals surface area contributed by atoms with Crippen molar-refractivity contribution in [2.45, 2.75) is 50.5 Å². The lowest BCUT2D eigenvalue weighted by atomic mass is 9.72. The first-order valence-corrected chi connectivity index (χ1v) is 6.27. The van der Waals surface area contributed by atoms with Crippen LogP contribution in [0.25, 0.3) is 0 Å². The van der Waals surface area contributed by atoms with Crippen LogP contribution in [0.1, 0.15) is 26.7 Å². The molecule has 0 aromatic carbocycles. The predicted molar refractivity (Wildman–Crippen MR) is 63.5 cm³/mol. The minimum atomic E-state index is -0.774. The van der Waals surface area contributed by atoms with Crippen LogP contribution in [0.2, 0.25) is 0 Å². The number of rotatable bonds is 4. The number of methoxy groups -OCH3 is 1. The monoisotopic (exact) mass is 242 g/mol. The van der Waals surface area contributed by atoms with Crippen LogP contribution < -0.4 is 11.1 Å². The van der Waals surface area contributed by atoms with Crippen LogP contribution in [-0.4, -0.2) is 43.4 Å². The van der Waals surface area contributed by atoms with Crippen molar-refractivity contribution in [1.29, 1.82) is 0 Å². The van der Waals surface area contributed by atoms with Crippen molar-refractivity contribution in [2.24, 2.45) is 11.7 Å². The Kier molecular flexibility index (Phi) is 3.43. The highest BCUT2D eigenvalue weighted by Gasteiger charge is 2.53. The number of fused-ring (bicyclic) bond motifs is 1. The molecule has 0 bridgehead atoms. The molecular weight excluding hydrogens is 220 g/mol. The molecule has 1 aliphatic carbocycles. The number of hydrogen-bond donors (Lipinski definition) is 2. The minimum Gasteiger partial charge on any atom is -0.376 e. The average molecular weight is 242 g/mol. The fourth-order valence-electron chi connectivity index (χ4n) is 2.63. The highest BCUT2D eigenvalue weighted by atomic mass is 16.5. The van der Waals surface area contributed by atoms with Crippen molar-refractivity contribution in [3.8, 4) is 0 Å². The number of carbonyl (C=O) groups is 1. The molecule has 2 aliphatic rings. The molecule has 5 atom stereocenters. The van der Waals surface area contributed by atoms with E-state index in [0.29, 0.717) is 12.3 Å². The second-order valence-corrected chi connectivity index (χ2v) is 5.15. The van der Waals surface area contributed by atoms with Crippen molar-refractivity contribution in [3.63, 3.8) is 0 Å². The summed E-state index contributed by atoms with van der Waals surface area (Å²) in [6.45, 7) is 4.48. The third-order valence-corrected chi connectivity index (χ3v) is 4.35. The molecule has 98 valence electrons. The van der Waals surface area contributed by atoms with E-state index in [2.05, 4.69) is 5.32 Å². The Bertz CT molecular complexity index is 304. The number of nitrogens with one attached hydrogen (secondary N) is 1. The van der Waals surface area contributed by atoms with Gasteiger partial charge in [0.1, 0.15) is 5.60 Å². The minimum absolute atomic E-state index is 0.0180. The van der Waals surface area contributed by atoms with Crippen molar-refractivity contribution in [3.05, 3.63) is 0 Å². The first-order valence-electron chi connectivity index (χ1n) is 6.27. The standard InChI is InChI=1S/C12H22N2O3/c1-4-12(2,16-3)11(15)14-9-8(13)7-5-6-17-10(7)9/h7-10H,4-6,13H2,1-3H3,(H,14,15). The highest BCUT2D eigenvalue weighted by Crippen LogP contribution is 2.38. The van der Waals surface area contributed by atoms with Gasteiger partial charge >= 0.3 is 0 Å². The van der Waals surface area contributed by atoms with Gasteiger partial charge in [0.25, 0.3) is 5.91 Å². The Balaban J connectivity index is 1.95. The molecule has 0 aromatic rings. The predicted octanol–water partition coefficient (Wildman–Crippen LogP) is 0.0323. The summed E-state index contributed by atoms with van der Waals surface area (Å²) >= 11 is 0. The zero-order valence-electron chi connectivity index (χ0n) is 10.7. The van der Waals surface area contributed by atoms with Gasteiger partial charge in [0, 0.05) is 25.7 Å². The van der Waals surface area contributed by atoms with Gasteiger partial charge in [0.2, 0.25) is 0 Å². The molecule has 5 heteroatoms. The van der Waals surface area contributed by atoms with Gasteiger partial charge in [-0.3, -0.25) is 4.79 Å². The molecule has 5 unspecified atom stereocenters. The van der Waals surface area contributed by atoms with E-state index in [9.17, 15) is 4.79 Å². The fourth-order valence-corrected chi connectivity index (χ4v) is 2.63. The number of carbonyl (C=O) groups excluding carboxylic acids is 1. The fraction of sp³-hybridized carbons (Fsp3) is 0.917. The van der Waals surface area contributed by atoms with Gasteiger partial charge in [-0.1, -0.05) is 6.92 Å². The smallest absolute Gasteiger partial charge is 0.252 e. The Morgan fingerprint density at radius 3 is 2.94 bits per heavy atom. The lowest BCUT2D eigenvalue weighted by Crippen LogP contribution is -2.70. The van der Waals surface area contributed by atoms with Gasteiger partial charge in [-0.15, -0.1) is 0 Å². The first-order chi connectivity index (χ1) is 8.03. The van der Waals surface area contributed by atoms with E-state index in [1.54, 1.807) is 14.0 Å². The van der Waals surface area contributed by atoms with Crippen LogP contribution in [0.15, 0.2) is 0 Å². The van der Waals surface area contributed by atoms with E-state index >= 15 is 0 Å². The molecule has 2 rings (SSSR count). The zero-order valence-corrected chi connectivity index (χ0v) is 10.7. The Morgan fingerprint density at radius 1 is 1.65 bits per heavy atom. The van der Waals surface area contributed by atoms with E-state index < -0.39 is 5.60 Å². The third kappa shape index (κ3) is 1.96. The summed E-state index contributed by atoms with van der Waals surface area (Å²) in [4.78, 5) is 12.1. The van der Waals surface area contributed by atoms with E-state index in [1.807, 2.05) is 6.92 Å². The highest BCUT2D eigenvalue weighted by molar-refractivity contribution is 5.85. The van der Waals surface area contributed by atoms with Crippen LogP contribution >= 0.6 is 0 Å². The molecule has 2 fully saturated rings. The topological polar surface area (TPSA) is 73.6 Å². The van der Waals surface area contributed by atoms with Gasteiger partial charge in [0.05, 0.1) is 12.1 Å². The first kappa shape index (κ1) is 12.8. The second kappa shape index (κ2) is 4.55. The van der Waals surface area contributed by atoms with Crippen LogP contribution in [0.3, 0.4) is 0 Å². The second-order valence-electron chi connectivity index (χ2n) is 5.15. The van der Waals surface area contributed by atoms with Crippen LogP contribution in [0, 0.1) is 5.92 Å². The Hall–Kier alpha value is -0.650. The molecule has 1 heterocycles. The molecule has 17 heavy (non-hydrogen) atoms. The van der Waals surface area contributed by atoms with Gasteiger partial charge in [-0.25, -0.2) is 0 Å². The third-order valence-electron chi connectivity index (χ3n) is 4.35. The van der Waals surface area contributed by atoms with Crippen molar-refractivity contribution in [2.75, 3.05) is 13.7 Å². The molecule has 1 aliphatic heterocycles. The molecule has 0 aromatic heterocycles. The van der Waals surface area contributed by atoms with Crippen LogP contribution in [0.5, 0.6) is 0 Å². The largest absolute Gasteiger partial charge is 0.376 e. The van der Waals surface area contributed by atoms with Crippen molar-refractivity contribution in [1.82, 2.24) is 5.32 Å². The van der Waals surface area contributed by atoms with Crippen molar-refractivity contribution >= 4 is 5.91 Å². The summed E-state index contributed by atoms with van der Waals surface area (Å²) in [6, 6.07) is -0.0413. The van der Waals surface area contributed by atoms with E-state index in [0.717, 1.165) is 13.0 Å². The molecule has 0 spiro atoms. The van der Waals surface area contributed by atoms with Crippen molar-refractivity contribution < 1.29 is 14.3 Å². The molecule has 1 saturated carbocycles. The SMILES string of the molecule is CCC(C)(OC)C(=O)NC1C(N)C2CCOC21. The van der Waals surface area contributed by atoms with Crippen LogP contribution in [-0.2, 0) is 14.3 Å². The lowest BCUT2D eigenvalue weighted by Gasteiger charge is -2.46. The molecule has 3 N–H and O–H groups in total. The quantitative estimate of drug-likeness (QED) is 0.729. The maximum atomic E-state index is 12.1. The lowest BCUT2D eigenvalue weighted by molar-refractivity contribution is -0.146. The Morgan fingerprint density at radius 2 is 2.35 bits per heavy atom.